The highest BCUT2D eigenvalue weighted by Crippen LogP contribution is 2.30. The summed E-state index contributed by atoms with van der Waals surface area (Å²) in [4.78, 5) is 12.5. The minimum atomic E-state index is -0.106. The molecule has 4 heteroatoms. The second kappa shape index (κ2) is 6.27. The van der Waals surface area contributed by atoms with Crippen LogP contribution < -0.4 is 10.6 Å². The van der Waals surface area contributed by atoms with Crippen LogP contribution in [0.3, 0.4) is 0 Å². The predicted molar refractivity (Wildman–Crippen MR) is 85.5 cm³/mol. The number of carbonyl (C=O) groups excluding carboxylic acids is 1. The molecule has 0 spiro atoms. The van der Waals surface area contributed by atoms with Crippen LogP contribution in [0, 0.1) is 5.41 Å². The number of hydrogen-bond donors (Lipinski definition) is 2. The second-order valence-corrected chi connectivity index (χ2v) is 7.18. The number of halogens is 1. The van der Waals surface area contributed by atoms with E-state index in [1.807, 2.05) is 31.2 Å². The van der Waals surface area contributed by atoms with Crippen molar-refractivity contribution in [3.63, 3.8) is 0 Å². The van der Waals surface area contributed by atoms with E-state index >= 15 is 0 Å². The van der Waals surface area contributed by atoms with Gasteiger partial charge in [-0.05, 0) is 49.4 Å². The highest BCUT2D eigenvalue weighted by molar-refractivity contribution is 9.10. The third-order valence-electron chi connectivity index (χ3n) is 4.10. The van der Waals surface area contributed by atoms with E-state index in [2.05, 4.69) is 40.4 Å². The monoisotopic (exact) mass is 338 g/mol. The van der Waals surface area contributed by atoms with Gasteiger partial charge in [-0.25, -0.2) is 0 Å². The molecular formula is C16H23BrN2O. The number of carbonyl (C=O) groups is 1. The molecule has 2 atom stereocenters. The summed E-state index contributed by atoms with van der Waals surface area (Å²) in [6.07, 6.45) is 2.22. The summed E-state index contributed by atoms with van der Waals surface area (Å²) >= 11 is 3.47. The van der Waals surface area contributed by atoms with Crippen LogP contribution in [0.1, 0.15) is 45.2 Å². The molecule has 1 saturated heterocycles. The molecule has 1 aliphatic heterocycles. The third-order valence-corrected chi connectivity index (χ3v) is 4.59. The molecule has 2 N–H and O–H groups in total. The van der Waals surface area contributed by atoms with Gasteiger partial charge in [0.2, 0.25) is 5.91 Å². The van der Waals surface area contributed by atoms with Crippen molar-refractivity contribution in [1.82, 2.24) is 10.6 Å². The number of rotatable bonds is 3. The largest absolute Gasteiger partial charge is 0.348 e. The van der Waals surface area contributed by atoms with E-state index in [4.69, 9.17) is 0 Å². The van der Waals surface area contributed by atoms with Gasteiger partial charge in [0.15, 0.2) is 0 Å². The molecule has 1 aromatic carbocycles. The standard InChI is InChI=1S/C16H23BrN2O/c1-11(12-6-4-7-13(17)10-12)19-15(20)14-16(2,3)8-5-9-18-14/h4,6-7,10-11,14,18H,5,8-9H2,1-3H3,(H,19,20). The molecule has 0 aliphatic carbocycles. The number of amides is 1. The van der Waals surface area contributed by atoms with Gasteiger partial charge in [0, 0.05) is 4.47 Å². The summed E-state index contributed by atoms with van der Waals surface area (Å²) in [5.74, 6) is 0.0992. The molecule has 0 radical (unpaired) electrons. The lowest BCUT2D eigenvalue weighted by atomic mass is 9.77. The molecule has 1 aromatic rings. The molecular weight excluding hydrogens is 316 g/mol. The fourth-order valence-corrected chi connectivity index (χ4v) is 3.23. The van der Waals surface area contributed by atoms with Gasteiger partial charge >= 0.3 is 0 Å². The summed E-state index contributed by atoms with van der Waals surface area (Å²) in [6.45, 7) is 7.27. The lowest BCUT2D eigenvalue weighted by molar-refractivity contribution is -0.127. The SMILES string of the molecule is CC(NC(=O)C1NCCCC1(C)C)c1cccc(Br)c1. The van der Waals surface area contributed by atoms with Crippen LogP contribution in [0.4, 0.5) is 0 Å². The van der Waals surface area contributed by atoms with E-state index < -0.39 is 0 Å². The Labute approximate surface area is 129 Å². The average molecular weight is 339 g/mol. The molecule has 0 saturated carbocycles. The van der Waals surface area contributed by atoms with Crippen molar-refractivity contribution in [1.29, 1.82) is 0 Å². The van der Waals surface area contributed by atoms with Gasteiger partial charge in [-0.15, -0.1) is 0 Å². The van der Waals surface area contributed by atoms with Crippen LogP contribution in [0.15, 0.2) is 28.7 Å². The van der Waals surface area contributed by atoms with Gasteiger partial charge in [-0.2, -0.15) is 0 Å². The number of nitrogens with one attached hydrogen (secondary N) is 2. The minimum Gasteiger partial charge on any atom is -0.348 e. The van der Waals surface area contributed by atoms with Crippen molar-refractivity contribution in [3.8, 4) is 0 Å². The smallest absolute Gasteiger partial charge is 0.238 e. The Morgan fingerprint density at radius 2 is 2.25 bits per heavy atom. The Balaban J connectivity index is 2.03. The number of piperidine rings is 1. The van der Waals surface area contributed by atoms with Crippen molar-refractivity contribution < 1.29 is 4.79 Å². The molecule has 1 amide bonds. The molecule has 1 fully saturated rings. The van der Waals surface area contributed by atoms with E-state index in [1.165, 1.54) is 0 Å². The average Bonchev–Trinajstić information content (AvgIpc) is 2.37. The van der Waals surface area contributed by atoms with Crippen LogP contribution in [0.25, 0.3) is 0 Å². The summed E-state index contributed by atoms with van der Waals surface area (Å²) in [5.41, 5.74) is 1.13. The summed E-state index contributed by atoms with van der Waals surface area (Å²) < 4.78 is 1.03. The Kier molecular flexibility index (Phi) is 4.86. The van der Waals surface area contributed by atoms with E-state index in [1.54, 1.807) is 0 Å². The van der Waals surface area contributed by atoms with Crippen molar-refractivity contribution in [3.05, 3.63) is 34.3 Å². The van der Waals surface area contributed by atoms with E-state index in [-0.39, 0.29) is 23.4 Å². The quantitative estimate of drug-likeness (QED) is 0.886. The molecule has 1 aliphatic rings. The first-order valence-corrected chi connectivity index (χ1v) is 7.99. The molecule has 20 heavy (non-hydrogen) atoms. The fraction of sp³-hybridized carbons (Fsp3) is 0.562. The molecule has 0 aromatic heterocycles. The first-order valence-electron chi connectivity index (χ1n) is 7.19. The molecule has 2 unspecified atom stereocenters. The van der Waals surface area contributed by atoms with Gasteiger partial charge < -0.3 is 10.6 Å². The van der Waals surface area contributed by atoms with Gasteiger partial charge in [0.05, 0.1) is 12.1 Å². The Morgan fingerprint density at radius 1 is 1.50 bits per heavy atom. The Morgan fingerprint density at radius 3 is 2.90 bits per heavy atom. The van der Waals surface area contributed by atoms with Gasteiger partial charge in [0.1, 0.15) is 0 Å². The van der Waals surface area contributed by atoms with E-state index in [0.29, 0.717) is 0 Å². The summed E-state index contributed by atoms with van der Waals surface area (Å²) in [5, 5.41) is 6.48. The lowest BCUT2D eigenvalue weighted by Crippen LogP contribution is -2.55. The summed E-state index contributed by atoms with van der Waals surface area (Å²) in [7, 11) is 0. The number of benzene rings is 1. The first-order chi connectivity index (χ1) is 9.40. The maximum atomic E-state index is 12.5. The molecule has 1 heterocycles. The summed E-state index contributed by atoms with van der Waals surface area (Å²) in [6, 6.07) is 7.97. The third kappa shape index (κ3) is 3.61. The zero-order chi connectivity index (χ0) is 14.8. The lowest BCUT2D eigenvalue weighted by Gasteiger charge is -2.38. The highest BCUT2D eigenvalue weighted by atomic mass is 79.9. The van der Waals surface area contributed by atoms with Gasteiger partial charge in [0.25, 0.3) is 0 Å². The highest BCUT2D eigenvalue weighted by Gasteiger charge is 2.37. The van der Waals surface area contributed by atoms with Crippen LogP contribution in [-0.4, -0.2) is 18.5 Å². The molecule has 110 valence electrons. The maximum Gasteiger partial charge on any atom is 0.238 e. The van der Waals surface area contributed by atoms with Crippen LogP contribution in [0.2, 0.25) is 0 Å². The topological polar surface area (TPSA) is 41.1 Å². The van der Waals surface area contributed by atoms with Crippen molar-refractivity contribution >= 4 is 21.8 Å². The molecule has 3 nitrogen and oxygen atoms in total. The van der Waals surface area contributed by atoms with E-state index in [0.717, 1.165) is 29.4 Å². The van der Waals surface area contributed by atoms with Crippen LogP contribution in [0.5, 0.6) is 0 Å². The molecule has 2 rings (SSSR count). The minimum absolute atomic E-state index is 0.0132. The normalized spacial score (nSPS) is 23.1. The van der Waals surface area contributed by atoms with Gasteiger partial charge in [-0.1, -0.05) is 41.9 Å². The van der Waals surface area contributed by atoms with Crippen molar-refractivity contribution in [2.45, 2.75) is 45.7 Å². The second-order valence-electron chi connectivity index (χ2n) is 6.26. The Hall–Kier alpha value is -0.870. The zero-order valence-corrected chi connectivity index (χ0v) is 14.0. The Bertz CT molecular complexity index is 487. The van der Waals surface area contributed by atoms with E-state index in [9.17, 15) is 4.79 Å². The van der Waals surface area contributed by atoms with Crippen molar-refractivity contribution in [2.24, 2.45) is 5.41 Å². The van der Waals surface area contributed by atoms with Crippen LogP contribution >= 0.6 is 15.9 Å². The first kappa shape index (κ1) is 15.5. The predicted octanol–water partition coefficient (Wildman–Crippen LogP) is 3.40. The maximum absolute atomic E-state index is 12.5. The fourth-order valence-electron chi connectivity index (χ4n) is 2.81. The molecule has 0 bridgehead atoms. The number of hydrogen-bond acceptors (Lipinski definition) is 2. The van der Waals surface area contributed by atoms with Gasteiger partial charge in [-0.3, -0.25) is 4.79 Å². The zero-order valence-electron chi connectivity index (χ0n) is 12.4. The van der Waals surface area contributed by atoms with Crippen LogP contribution in [-0.2, 0) is 4.79 Å². The van der Waals surface area contributed by atoms with Crippen molar-refractivity contribution in [2.75, 3.05) is 6.54 Å².